The van der Waals surface area contributed by atoms with Gasteiger partial charge in [-0.3, -0.25) is 9.59 Å². The third kappa shape index (κ3) is 6.12. The Hall–Kier alpha value is -4.26. The molecule has 7 heteroatoms. The van der Waals surface area contributed by atoms with Gasteiger partial charge in [-0.05, 0) is 42.0 Å². The molecule has 0 aliphatic carbocycles. The van der Waals surface area contributed by atoms with E-state index in [1.54, 1.807) is 48.5 Å². The molecule has 2 N–H and O–H groups in total. The van der Waals surface area contributed by atoms with Crippen LogP contribution < -0.4 is 15.6 Å². The van der Waals surface area contributed by atoms with E-state index in [0.29, 0.717) is 11.1 Å². The van der Waals surface area contributed by atoms with E-state index in [2.05, 4.69) is 15.8 Å². The molecule has 3 rings (SSSR count). The second-order valence-electron chi connectivity index (χ2n) is 7.08. The minimum atomic E-state index is -0.640. The molecule has 0 aliphatic heterocycles. The maximum absolute atomic E-state index is 13.7. The molecule has 3 aromatic carbocycles. The highest BCUT2D eigenvalue weighted by Gasteiger charge is 2.14. The third-order valence-electron chi connectivity index (χ3n) is 4.52. The van der Waals surface area contributed by atoms with Gasteiger partial charge < -0.3 is 10.2 Å². The lowest BCUT2D eigenvalue weighted by atomic mass is 10.1. The molecule has 32 heavy (non-hydrogen) atoms. The number of carbonyl (C=O) groups excluding carboxylic acids is 2. The molecular formula is C25H23FN4O2. The van der Waals surface area contributed by atoms with Crippen molar-refractivity contribution in [1.82, 2.24) is 10.7 Å². The van der Waals surface area contributed by atoms with Crippen molar-refractivity contribution in [2.75, 3.05) is 19.0 Å². The SMILES string of the molecule is CN(C)c1ccc(C=C(NC(=O)c2ccccc2)C(=O)NN=Cc2ccccc2F)cc1. The molecule has 0 saturated heterocycles. The zero-order valence-corrected chi connectivity index (χ0v) is 17.7. The maximum atomic E-state index is 13.7. The minimum absolute atomic E-state index is 0.00198. The smallest absolute Gasteiger partial charge is 0.287 e. The van der Waals surface area contributed by atoms with Gasteiger partial charge in [-0.15, -0.1) is 0 Å². The highest BCUT2D eigenvalue weighted by Crippen LogP contribution is 2.14. The molecular weight excluding hydrogens is 407 g/mol. The molecule has 0 saturated carbocycles. The second kappa shape index (κ2) is 10.7. The summed E-state index contributed by atoms with van der Waals surface area (Å²) in [7, 11) is 3.86. The van der Waals surface area contributed by atoms with Gasteiger partial charge in [-0.1, -0.05) is 48.5 Å². The van der Waals surface area contributed by atoms with Crippen molar-refractivity contribution in [3.8, 4) is 0 Å². The molecule has 0 fully saturated rings. The maximum Gasteiger partial charge on any atom is 0.287 e. The number of rotatable bonds is 7. The van der Waals surface area contributed by atoms with E-state index in [1.807, 2.05) is 43.3 Å². The van der Waals surface area contributed by atoms with Crippen LogP contribution in [-0.4, -0.2) is 32.1 Å². The van der Waals surface area contributed by atoms with Gasteiger partial charge in [0.15, 0.2) is 0 Å². The van der Waals surface area contributed by atoms with Gasteiger partial charge in [-0.25, -0.2) is 9.82 Å². The molecule has 0 radical (unpaired) electrons. The number of carbonyl (C=O) groups is 2. The average molecular weight is 430 g/mol. The Morgan fingerprint density at radius 3 is 2.22 bits per heavy atom. The zero-order chi connectivity index (χ0) is 22.9. The summed E-state index contributed by atoms with van der Waals surface area (Å²) in [5.74, 6) is -1.53. The van der Waals surface area contributed by atoms with Crippen LogP contribution in [0.5, 0.6) is 0 Å². The number of hydrogen-bond donors (Lipinski definition) is 2. The first kappa shape index (κ1) is 22.4. The Bertz CT molecular complexity index is 1140. The quantitative estimate of drug-likeness (QED) is 0.340. The van der Waals surface area contributed by atoms with Crippen molar-refractivity contribution in [2.45, 2.75) is 0 Å². The molecule has 3 aromatic rings. The van der Waals surface area contributed by atoms with Gasteiger partial charge in [0.05, 0.1) is 6.21 Å². The minimum Gasteiger partial charge on any atom is -0.378 e. The Morgan fingerprint density at radius 2 is 1.56 bits per heavy atom. The summed E-state index contributed by atoms with van der Waals surface area (Å²) >= 11 is 0. The van der Waals surface area contributed by atoms with Crippen LogP contribution in [0.4, 0.5) is 10.1 Å². The van der Waals surface area contributed by atoms with Gasteiger partial charge >= 0.3 is 0 Å². The lowest BCUT2D eigenvalue weighted by Gasteiger charge is -2.12. The number of benzene rings is 3. The van der Waals surface area contributed by atoms with E-state index in [1.165, 1.54) is 18.3 Å². The largest absolute Gasteiger partial charge is 0.378 e. The van der Waals surface area contributed by atoms with E-state index in [-0.39, 0.29) is 11.3 Å². The fourth-order valence-electron chi connectivity index (χ4n) is 2.78. The van der Waals surface area contributed by atoms with Crippen LogP contribution in [-0.2, 0) is 4.79 Å². The molecule has 0 spiro atoms. The molecule has 0 unspecified atom stereocenters. The van der Waals surface area contributed by atoms with Crippen molar-refractivity contribution in [1.29, 1.82) is 0 Å². The van der Waals surface area contributed by atoms with Crippen LogP contribution >= 0.6 is 0 Å². The first-order valence-electron chi connectivity index (χ1n) is 9.87. The lowest BCUT2D eigenvalue weighted by Crippen LogP contribution is -2.32. The van der Waals surface area contributed by atoms with Gasteiger partial charge in [0, 0.05) is 30.9 Å². The van der Waals surface area contributed by atoms with Gasteiger partial charge in [0.1, 0.15) is 11.5 Å². The Labute approximate surface area is 186 Å². The normalized spacial score (nSPS) is 11.3. The van der Waals surface area contributed by atoms with Gasteiger partial charge in [0.2, 0.25) is 0 Å². The van der Waals surface area contributed by atoms with Gasteiger partial charge in [-0.2, -0.15) is 5.10 Å². The average Bonchev–Trinajstić information content (AvgIpc) is 2.80. The molecule has 0 aliphatic rings. The van der Waals surface area contributed by atoms with Gasteiger partial charge in [0.25, 0.3) is 11.8 Å². The number of halogens is 1. The number of anilines is 1. The molecule has 162 valence electrons. The predicted octanol–water partition coefficient (Wildman–Crippen LogP) is 3.81. The summed E-state index contributed by atoms with van der Waals surface area (Å²) in [6.45, 7) is 0. The van der Waals surface area contributed by atoms with Crippen LogP contribution in [0.3, 0.4) is 0 Å². The molecule has 2 amide bonds. The lowest BCUT2D eigenvalue weighted by molar-refractivity contribution is -0.117. The van der Waals surface area contributed by atoms with Crippen molar-refractivity contribution in [3.63, 3.8) is 0 Å². The Balaban J connectivity index is 1.82. The number of nitrogens with one attached hydrogen (secondary N) is 2. The predicted molar refractivity (Wildman–Crippen MR) is 125 cm³/mol. The van der Waals surface area contributed by atoms with Crippen molar-refractivity contribution in [3.05, 3.63) is 107 Å². The van der Waals surface area contributed by atoms with Crippen LogP contribution in [0.2, 0.25) is 0 Å². The van der Waals surface area contributed by atoms with Crippen LogP contribution in [0.15, 0.2) is 89.7 Å². The van der Waals surface area contributed by atoms with E-state index < -0.39 is 17.6 Å². The first-order chi connectivity index (χ1) is 15.4. The second-order valence-corrected chi connectivity index (χ2v) is 7.08. The van der Waals surface area contributed by atoms with Crippen molar-refractivity contribution >= 4 is 29.8 Å². The third-order valence-corrected chi connectivity index (χ3v) is 4.52. The molecule has 0 heterocycles. The Kier molecular flexibility index (Phi) is 7.48. The number of nitrogens with zero attached hydrogens (tertiary/aromatic N) is 2. The summed E-state index contributed by atoms with van der Waals surface area (Å²) in [6, 6.07) is 22.1. The summed E-state index contributed by atoms with van der Waals surface area (Å²) in [5.41, 5.74) is 4.69. The summed E-state index contributed by atoms with van der Waals surface area (Å²) in [6.07, 6.45) is 2.75. The fraction of sp³-hybridized carbons (Fsp3) is 0.0800. The number of hydrazone groups is 1. The zero-order valence-electron chi connectivity index (χ0n) is 17.7. The Morgan fingerprint density at radius 1 is 0.906 bits per heavy atom. The molecule has 6 nitrogen and oxygen atoms in total. The first-order valence-corrected chi connectivity index (χ1v) is 9.87. The van der Waals surface area contributed by atoms with Crippen LogP contribution in [0.25, 0.3) is 6.08 Å². The summed E-state index contributed by atoms with van der Waals surface area (Å²) < 4.78 is 13.7. The van der Waals surface area contributed by atoms with Crippen LogP contribution in [0, 0.1) is 5.82 Å². The highest BCUT2D eigenvalue weighted by atomic mass is 19.1. The standard InChI is InChI=1S/C25H23FN4O2/c1-30(2)21-14-12-18(13-15-21)16-23(28-24(31)19-8-4-3-5-9-19)25(32)29-27-17-20-10-6-7-11-22(20)26/h3-17H,1-2H3,(H,28,31)(H,29,32). The number of amides is 2. The van der Waals surface area contributed by atoms with Crippen LogP contribution in [0.1, 0.15) is 21.5 Å². The molecule has 0 atom stereocenters. The summed E-state index contributed by atoms with van der Waals surface area (Å²) in [4.78, 5) is 27.3. The topological polar surface area (TPSA) is 73.8 Å². The van der Waals surface area contributed by atoms with E-state index in [0.717, 1.165) is 5.69 Å². The monoisotopic (exact) mass is 430 g/mol. The molecule has 0 bridgehead atoms. The number of hydrogen-bond acceptors (Lipinski definition) is 4. The summed E-state index contributed by atoms with van der Waals surface area (Å²) in [5, 5.41) is 6.45. The highest BCUT2D eigenvalue weighted by molar-refractivity contribution is 6.05. The fourth-order valence-corrected chi connectivity index (χ4v) is 2.78. The van der Waals surface area contributed by atoms with E-state index in [9.17, 15) is 14.0 Å². The van der Waals surface area contributed by atoms with E-state index >= 15 is 0 Å². The molecule has 0 aromatic heterocycles. The van der Waals surface area contributed by atoms with E-state index in [4.69, 9.17) is 0 Å². The van der Waals surface area contributed by atoms with Crippen molar-refractivity contribution in [2.24, 2.45) is 5.10 Å². The van der Waals surface area contributed by atoms with Crippen molar-refractivity contribution < 1.29 is 14.0 Å².